The van der Waals surface area contributed by atoms with E-state index in [9.17, 15) is 13.5 Å². The topological polar surface area (TPSA) is 57.6 Å². The van der Waals surface area contributed by atoms with E-state index in [-0.39, 0.29) is 5.75 Å². The van der Waals surface area contributed by atoms with Gasteiger partial charge < -0.3 is 5.11 Å². The zero-order valence-electron chi connectivity index (χ0n) is 9.02. The van der Waals surface area contributed by atoms with Gasteiger partial charge in [-0.25, -0.2) is 8.42 Å². The third-order valence-electron chi connectivity index (χ3n) is 3.00. The fourth-order valence-electron chi connectivity index (χ4n) is 1.89. The largest absolute Gasteiger partial charge is 0.391 e. The predicted octanol–water partition coefficient (Wildman–Crippen LogP) is 0.571. The second-order valence-electron chi connectivity index (χ2n) is 4.28. The summed E-state index contributed by atoms with van der Waals surface area (Å²) in [5.74, 6) is 0.100. The molecule has 1 fully saturated rings. The molecule has 1 saturated heterocycles. The SMILES string of the molecule is CCS(=O)(=O)N1CCCC(O)C1(C)C. The fraction of sp³-hybridized carbons (Fsp3) is 1.00. The van der Waals surface area contributed by atoms with E-state index in [4.69, 9.17) is 0 Å². The highest BCUT2D eigenvalue weighted by Gasteiger charge is 2.42. The smallest absolute Gasteiger partial charge is 0.214 e. The number of aliphatic hydroxyl groups excluding tert-OH is 1. The lowest BCUT2D eigenvalue weighted by Gasteiger charge is -2.44. The van der Waals surface area contributed by atoms with Crippen molar-refractivity contribution in [2.24, 2.45) is 0 Å². The van der Waals surface area contributed by atoms with E-state index in [1.165, 1.54) is 4.31 Å². The molecule has 1 atom stereocenters. The summed E-state index contributed by atoms with van der Waals surface area (Å²) in [7, 11) is -3.19. The van der Waals surface area contributed by atoms with Gasteiger partial charge in [0.15, 0.2) is 0 Å². The van der Waals surface area contributed by atoms with Gasteiger partial charge in [-0.1, -0.05) is 0 Å². The van der Waals surface area contributed by atoms with Crippen LogP contribution in [0, 0.1) is 0 Å². The molecule has 0 saturated carbocycles. The van der Waals surface area contributed by atoms with Crippen LogP contribution in [0.15, 0.2) is 0 Å². The molecule has 0 aromatic heterocycles. The van der Waals surface area contributed by atoms with Crippen molar-refractivity contribution < 1.29 is 13.5 Å². The maximum absolute atomic E-state index is 11.7. The first-order valence-electron chi connectivity index (χ1n) is 5.01. The van der Waals surface area contributed by atoms with Gasteiger partial charge >= 0.3 is 0 Å². The van der Waals surface area contributed by atoms with Gasteiger partial charge in [-0.05, 0) is 33.6 Å². The Morgan fingerprint density at radius 2 is 2.07 bits per heavy atom. The van der Waals surface area contributed by atoms with Gasteiger partial charge in [0.1, 0.15) is 0 Å². The third-order valence-corrected chi connectivity index (χ3v) is 5.05. The summed E-state index contributed by atoms with van der Waals surface area (Å²) in [6.45, 7) is 5.72. The highest BCUT2D eigenvalue weighted by atomic mass is 32.2. The van der Waals surface area contributed by atoms with E-state index in [2.05, 4.69) is 0 Å². The number of aliphatic hydroxyl groups is 1. The zero-order chi connectivity index (χ0) is 11.0. The van der Waals surface area contributed by atoms with Gasteiger partial charge in [-0.3, -0.25) is 0 Å². The first-order valence-corrected chi connectivity index (χ1v) is 6.62. The fourth-order valence-corrected chi connectivity index (χ4v) is 3.45. The van der Waals surface area contributed by atoms with E-state index in [0.717, 1.165) is 6.42 Å². The van der Waals surface area contributed by atoms with Crippen molar-refractivity contribution in [1.29, 1.82) is 0 Å². The van der Waals surface area contributed by atoms with Gasteiger partial charge in [0.05, 0.1) is 17.4 Å². The first kappa shape index (κ1) is 11.9. The predicted molar refractivity (Wildman–Crippen MR) is 55.5 cm³/mol. The Balaban J connectivity index is 2.99. The lowest BCUT2D eigenvalue weighted by molar-refractivity contribution is 0.000313. The molecule has 1 unspecified atom stereocenters. The minimum Gasteiger partial charge on any atom is -0.391 e. The molecule has 84 valence electrons. The molecular formula is C9H19NO3S. The van der Waals surface area contributed by atoms with Crippen LogP contribution in [0.4, 0.5) is 0 Å². The molecule has 0 aromatic carbocycles. The van der Waals surface area contributed by atoms with E-state index in [1.54, 1.807) is 20.8 Å². The molecular weight excluding hydrogens is 202 g/mol. The van der Waals surface area contributed by atoms with Crippen molar-refractivity contribution in [3.63, 3.8) is 0 Å². The average molecular weight is 221 g/mol. The maximum atomic E-state index is 11.7. The maximum Gasteiger partial charge on any atom is 0.214 e. The van der Waals surface area contributed by atoms with Crippen LogP contribution in [-0.4, -0.2) is 41.8 Å². The second-order valence-corrected chi connectivity index (χ2v) is 6.47. The molecule has 0 spiro atoms. The zero-order valence-corrected chi connectivity index (χ0v) is 9.84. The molecule has 1 N–H and O–H groups in total. The molecule has 1 aliphatic heterocycles. The molecule has 0 bridgehead atoms. The molecule has 0 aliphatic carbocycles. The summed E-state index contributed by atoms with van der Waals surface area (Å²) < 4.78 is 24.9. The van der Waals surface area contributed by atoms with Crippen molar-refractivity contribution in [3.8, 4) is 0 Å². The van der Waals surface area contributed by atoms with Crippen LogP contribution in [0.25, 0.3) is 0 Å². The van der Waals surface area contributed by atoms with Crippen molar-refractivity contribution in [3.05, 3.63) is 0 Å². The Kier molecular flexibility index (Phi) is 3.23. The normalized spacial score (nSPS) is 29.0. The first-order chi connectivity index (χ1) is 6.32. The van der Waals surface area contributed by atoms with Crippen molar-refractivity contribution in [2.75, 3.05) is 12.3 Å². The number of rotatable bonds is 2. The summed E-state index contributed by atoms with van der Waals surface area (Å²) in [5.41, 5.74) is -0.660. The minimum atomic E-state index is -3.19. The van der Waals surface area contributed by atoms with Crippen LogP contribution >= 0.6 is 0 Å². The van der Waals surface area contributed by atoms with Gasteiger partial charge in [0.25, 0.3) is 0 Å². The Morgan fingerprint density at radius 3 is 2.57 bits per heavy atom. The Morgan fingerprint density at radius 1 is 1.50 bits per heavy atom. The number of hydrogen-bond donors (Lipinski definition) is 1. The highest BCUT2D eigenvalue weighted by Crippen LogP contribution is 2.30. The van der Waals surface area contributed by atoms with E-state index in [0.29, 0.717) is 13.0 Å². The van der Waals surface area contributed by atoms with E-state index in [1.807, 2.05) is 0 Å². The molecule has 0 aromatic rings. The van der Waals surface area contributed by atoms with Crippen LogP contribution in [0.2, 0.25) is 0 Å². The third kappa shape index (κ3) is 1.94. The molecule has 1 aliphatic rings. The molecule has 14 heavy (non-hydrogen) atoms. The number of hydrogen-bond acceptors (Lipinski definition) is 3. The monoisotopic (exact) mass is 221 g/mol. The van der Waals surface area contributed by atoms with E-state index < -0.39 is 21.7 Å². The van der Waals surface area contributed by atoms with Gasteiger partial charge in [-0.2, -0.15) is 4.31 Å². The second kappa shape index (κ2) is 3.79. The van der Waals surface area contributed by atoms with Crippen LogP contribution in [0.5, 0.6) is 0 Å². The Hall–Kier alpha value is -0.130. The van der Waals surface area contributed by atoms with Crippen molar-refractivity contribution >= 4 is 10.0 Å². The summed E-state index contributed by atoms with van der Waals surface area (Å²) in [6.07, 6.45) is 0.865. The van der Waals surface area contributed by atoms with Crippen LogP contribution in [0.1, 0.15) is 33.6 Å². The van der Waals surface area contributed by atoms with Crippen molar-refractivity contribution in [2.45, 2.75) is 45.3 Å². The average Bonchev–Trinajstić information content (AvgIpc) is 2.09. The van der Waals surface area contributed by atoms with Gasteiger partial charge in [-0.15, -0.1) is 0 Å². The lowest BCUT2D eigenvalue weighted by Crippen LogP contribution is -2.58. The lowest BCUT2D eigenvalue weighted by atomic mass is 9.90. The summed E-state index contributed by atoms with van der Waals surface area (Å²) >= 11 is 0. The van der Waals surface area contributed by atoms with Crippen LogP contribution < -0.4 is 0 Å². The highest BCUT2D eigenvalue weighted by molar-refractivity contribution is 7.89. The quantitative estimate of drug-likeness (QED) is 0.741. The van der Waals surface area contributed by atoms with Gasteiger partial charge in [0, 0.05) is 6.54 Å². The number of sulfonamides is 1. The standard InChI is InChI=1S/C9H19NO3S/c1-4-14(12,13)10-7-5-6-8(11)9(10,2)3/h8,11H,4-7H2,1-3H3. The summed E-state index contributed by atoms with van der Waals surface area (Å²) in [5, 5.41) is 9.76. The van der Waals surface area contributed by atoms with E-state index >= 15 is 0 Å². The minimum absolute atomic E-state index is 0.100. The van der Waals surface area contributed by atoms with Crippen LogP contribution in [-0.2, 0) is 10.0 Å². The Labute approximate surface area is 86.0 Å². The summed E-state index contributed by atoms with van der Waals surface area (Å²) in [6, 6.07) is 0. The molecule has 4 nitrogen and oxygen atoms in total. The summed E-state index contributed by atoms with van der Waals surface area (Å²) in [4.78, 5) is 0. The number of piperidine rings is 1. The number of nitrogens with zero attached hydrogens (tertiary/aromatic N) is 1. The van der Waals surface area contributed by atoms with Crippen molar-refractivity contribution in [1.82, 2.24) is 4.31 Å². The molecule has 5 heteroatoms. The Bertz CT molecular complexity index is 297. The molecule has 1 rings (SSSR count). The van der Waals surface area contributed by atoms with Crippen LogP contribution in [0.3, 0.4) is 0 Å². The molecule has 0 amide bonds. The molecule has 0 radical (unpaired) electrons. The van der Waals surface area contributed by atoms with Gasteiger partial charge in [0.2, 0.25) is 10.0 Å². The molecule has 1 heterocycles.